The molecule has 140 valence electrons. The van der Waals surface area contributed by atoms with Crippen LogP contribution in [0.25, 0.3) is 0 Å². The number of hydrogen-bond acceptors (Lipinski definition) is 3. The predicted molar refractivity (Wildman–Crippen MR) is 107 cm³/mol. The summed E-state index contributed by atoms with van der Waals surface area (Å²) in [5.74, 6) is 1.12. The van der Waals surface area contributed by atoms with Gasteiger partial charge in [0.2, 0.25) is 5.91 Å². The minimum absolute atomic E-state index is 0.259. The Morgan fingerprint density at radius 3 is 2.28 bits per heavy atom. The quantitative estimate of drug-likeness (QED) is 0.722. The SMILES string of the molecule is CCCN(CCC)C(=O)CCNc1ccc(N2CCC(C)CC2)cc1. The van der Waals surface area contributed by atoms with Crippen molar-refractivity contribution in [2.24, 2.45) is 5.92 Å². The molecule has 0 atom stereocenters. The minimum atomic E-state index is 0.259. The molecule has 0 spiro atoms. The fraction of sp³-hybridized carbons (Fsp3) is 0.667. The third kappa shape index (κ3) is 6.26. The van der Waals surface area contributed by atoms with Gasteiger partial charge in [-0.05, 0) is 55.9 Å². The van der Waals surface area contributed by atoms with Gasteiger partial charge >= 0.3 is 0 Å². The van der Waals surface area contributed by atoms with Gasteiger partial charge in [0.1, 0.15) is 0 Å². The lowest BCUT2D eigenvalue weighted by Gasteiger charge is -2.32. The zero-order valence-electron chi connectivity index (χ0n) is 16.3. The summed E-state index contributed by atoms with van der Waals surface area (Å²) in [6.45, 7) is 11.3. The number of benzene rings is 1. The topological polar surface area (TPSA) is 35.6 Å². The van der Waals surface area contributed by atoms with Crippen LogP contribution in [-0.4, -0.2) is 43.5 Å². The average molecular weight is 346 g/mol. The Hall–Kier alpha value is -1.71. The molecule has 1 amide bonds. The molecule has 1 saturated heterocycles. The Bertz CT molecular complexity index is 500. The van der Waals surface area contributed by atoms with Crippen molar-refractivity contribution < 1.29 is 4.79 Å². The fourth-order valence-electron chi connectivity index (χ4n) is 3.43. The molecule has 0 aromatic heterocycles. The first-order valence-corrected chi connectivity index (χ1v) is 10.0. The molecule has 0 aliphatic carbocycles. The van der Waals surface area contributed by atoms with Crippen LogP contribution in [0.15, 0.2) is 24.3 Å². The summed E-state index contributed by atoms with van der Waals surface area (Å²) in [6, 6.07) is 8.66. The standard InChI is InChI=1S/C21H35N3O/c1-4-14-24(15-5-2)21(25)10-13-22-19-6-8-20(9-7-19)23-16-11-18(3)12-17-23/h6-9,18,22H,4-5,10-17H2,1-3H3. The maximum absolute atomic E-state index is 12.3. The third-order valence-corrected chi connectivity index (χ3v) is 5.02. The molecule has 1 aliphatic rings. The molecule has 25 heavy (non-hydrogen) atoms. The summed E-state index contributed by atoms with van der Waals surface area (Å²) in [5, 5.41) is 3.39. The number of carbonyl (C=O) groups is 1. The summed E-state index contributed by atoms with van der Waals surface area (Å²) in [6.07, 6.45) is 5.18. The summed E-state index contributed by atoms with van der Waals surface area (Å²) >= 11 is 0. The number of nitrogens with zero attached hydrogens (tertiary/aromatic N) is 2. The molecule has 0 bridgehead atoms. The van der Waals surface area contributed by atoms with E-state index >= 15 is 0 Å². The predicted octanol–water partition coefficient (Wildman–Crippen LogP) is 4.37. The van der Waals surface area contributed by atoms with E-state index in [1.54, 1.807) is 0 Å². The molecular weight excluding hydrogens is 310 g/mol. The molecule has 4 heteroatoms. The first-order chi connectivity index (χ1) is 12.1. The van der Waals surface area contributed by atoms with E-state index in [0.29, 0.717) is 13.0 Å². The smallest absolute Gasteiger partial charge is 0.224 e. The van der Waals surface area contributed by atoms with Crippen LogP contribution < -0.4 is 10.2 Å². The van der Waals surface area contributed by atoms with E-state index in [4.69, 9.17) is 0 Å². The fourth-order valence-corrected chi connectivity index (χ4v) is 3.43. The van der Waals surface area contributed by atoms with Gasteiger partial charge in [-0.15, -0.1) is 0 Å². The number of anilines is 2. The van der Waals surface area contributed by atoms with Gasteiger partial charge in [0.05, 0.1) is 0 Å². The third-order valence-electron chi connectivity index (χ3n) is 5.02. The number of carbonyl (C=O) groups excluding carboxylic acids is 1. The highest BCUT2D eigenvalue weighted by Gasteiger charge is 2.16. The molecular formula is C21H35N3O. The summed E-state index contributed by atoms with van der Waals surface area (Å²) in [7, 11) is 0. The average Bonchev–Trinajstić information content (AvgIpc) is 2.63. The zero-order valence-corrected chi connectivity index (χ0v) is 16.3. The van der Waals surface area contributed by atoms with Crippen molar-refractivity contribution >= 4 is 17.3 Å². The maximum Gasteiger partial charge on any atom is 0.224 e. The van der Waals surface area contributed by atoms with Crippen molar-refractivity contribution in [3.8, 4) is 0 Å². The van der Waals surface area contributed by atoms with Crippen molar-refractivity contribution in [1.82, 2.24) is 4.90 Å². The molecule has 0 unspecified atom stereocenters. The molecule has 1 aromatic rings. The van der Waals surface area contributed by atoms with Crippen LogP contribution in [0.5, 0.6) is 0 Å². The van der Waals surface area contributed by atoms with Crippen molar-refractivity contribution in [2.75, 3.05) is 42.9 Å². The summed E-state index contributed by atoms with van der Waals surface area (Å²) < 4.78 is 0. The van der Waals surface area contributed by atoms with Crippen LogP contribution in [0.1, 0.15) is 52.9 Å². The van der Waals surface area contributed by atoms with E-state index in [2.05, 4.69) is 55.3 Å². The highest BCUT2D eigenvalue weighted by molar-refractivity contribution is 5.76. The maximum atomic E-state index is 12.3. The van der Waals surface area contributed by atoms with E-state index in [9.17, 15) is 4.79 Å². The normalized spacial score (nSPS) is 15.2. The van der Waals surface area contributed by atoms with E-state index < -0.39 is 0 Å². The van der Waals surface area contributed by atoms with Crippen LogP contribution >= 0.6 is 0 Å². The lowest BCUT2D eigenvalue weighted by atomic mass is 9.99. The highest BCUT2D eigenvalue weighted by Crippen LogP contribution is 2.24. The van der Waals surface area contributed by atoms with E-state index in [-0.39, 0.29) is 5.91 Å². The molecule has 2 rings (SSSR count). The number of hydrogen-bond donors (Lipinski definition) is 1. The summed E-state index contributed by atoms with van der Waals surface area (Å²) in [5.41, 5.74) is 2.41. The Kier molecular flexibility index (Phi) is 8.10. The first-order valence-electron chi connectivity index (χ1n) is 10.0. The lowest BCUT2D eigenvalue weighted by Crippen LogP contribution is -2.33. The lowest BCUT2D eigenvalue weighted by molar-refractivity contribution is -0.131. The van der Waals surface area contributed by atoms with Crippen LogP contribution in [-0.2, 0) is 4.79 Å². The number of nitrogens with one attached hydrogen (secondary N) is 1. The Labute approximate surface area is 153 Å². The van der Waals surface area contributed by atoms with E-state index in [0.717, 1.165) is 50.6 Å². The number of rotatable bonds is 9. The highest BCUT2D eigenvalue weighted by atomic mass is 16.2. The van der Waals surface area contributed by atoms with Crippen molar-refractivity contribution in [1.29, 1.82) is 0 Å². The number of piperidine rings is 1. The van der Waals surface area contributed by atoms with Gasteiger partial charge in [-0.25, -0.2) is 0 Å². The van der Waals surface area contributed by atoms with Crippen molar-refractivity contribution in [3.63, 3.8) is 0 Å². The second-order valence-electron chi connectivity index (χ2n) is 7.27. The van der Waals surface area contributed by atoms with Gasteiger partial charge in [0, 0.05) is 50.5 Å². The Morgan fingerprint density at radius 1 is 1.12 bits per heavy atom. The largest absolute Gasteiger partial charge is 0.385 e. The molecule has 0 saturated carbocycles. The van der Waals surface area contributed by atoms with Gasteiger partial charge in [0.15, 0.2) is 0 Å². The van der Waals surface area contributed by atoms with E-state index in [1.807, 2.05) is 4.90 Å². The molecule has 1 fully saturated rings. The van der Waals surface area contributed by atoms with Crippen LogP contribution in [0.4, 0.5) is 11.4 Å². The minimum Gasteiger partial charge on any atom is -0.385 e. The van der Waals surface area contributed by atoms with Gasteiger partial charge in [-0.2, -0.15) is 0 Å². The molecule has 1 N–H and O–H groups in total. The van der Waals surface area contributed by atoms with Crippen LogP contribution in [0.3, 0.4) is 0 Å². The van der Waals surface area contributed by atoms with Gasteiger partial charge in [-0.3, -0.25) is 4.79 Å². The van der Waals surface area contributed by atoms with Gasteiger partial charge < -0.3 is 15.1 Å². The van der Waals surface area contributed by atoms with Gasteiger partial charge in [0.25, 0.3) is 0 Å². The first kappa shape index (κ1) is 19.6. The summed E-state index contributed by atoms with van der Waals surface area (Å²) in [4.78, 5) is 16.7. The van der Waals surface area contributed by atoms with Crippen LogP contribution in [0, 0.1) is 5.92 Å². The Balaban J connectivity index is 1.76. The Morgan fingerprint density at radius 2 is 1.72 bits per heavy atom. The second kappa shape index (κ2) is 10.3. The number of amides is 1. The molecule has 1 aliphatic heterocycles. The van der Waals surface area contributed by atoms with Crippen LogP contribution in [0.2, 0.25) is 0 Å². The molecule has 1 heterocycles. The molecule has 4 nitrogen and oxygen atoms in total. The molecule has 1 aromatic carbocycles. The second-order valence-corrected chi connectivity index (χ2v) is 7.27. The molecule has 0 radical (unpaired) electrons. The van der Waals surface area contributed by atoms with Crippen molar-refractivity contribution in [2.45, 2.75) is 52.9 Å². The van der Waals surface area contributed by atoms with Gasteiger partial charge in [-0.1, -0.05) is 20.8 Å². The van der Waals surface area contributed by atoms with Crippen molar-refractivity contribution in [3.05, 3.63) is 24.3 Å². The monoisotopic (exact) mass is 345 g/mol. The zero-order chi connectivity index (χ0) is 18.1. The van der Waals surface area contributed by atoms with E-state index in [1.165, 1.54) is 18.5 Å².